The molecule has 1 fully saturated rings. The highest BCUT2D eigenvalue weighted by molar-refractivity contribution is 14.1. The Morgan fingerprint density at radius 1 is 1.40 bits per heavy atom. The molecule has 0 saturated heterocycles. The molecule has 1 aliphatic rings. The van der Waals surface area contributed by atoms with E-state index in [0.717, 1.165) is 22.3 Å². The highest BCUT2D eigenvalue weighted by Crippen LogP contribution is 2.33. The van der Waals surface area contributed by atoms with Crippen LogP contribution < -0.4 is 9.47 Å². The fourth-order valence-electron chi connectivity index (χ4n) is 1.17. The molecule has 0 atom stereocenters. The summed E-state index contributed by atoms with van der Waals surface area (Å²) in [5.41, 5.74) is 0. The number of hydrogen-bond acceptors (Lipinski definition) is 3. The molecule has 0 spiro atoms. The summed E-state index contributed by atoms with van der Waals surface area (Å²) in [6.07, 6.45) is 2.79. The Morgan fingerprint density at radius 2 is 2.13 bits per heavy atom. The third-order valence-corrected chi connectivity index (χ3v) is 2.56. The second kappa shape index (κ2) is 4.55. The van der Waals surface area contributed by atoms with Gasteiger partial charge in [0.05, 0.1) is 12.2 Å². The van der Waals surface area contributed by atoms with Gasteiger partial charge in [-0.3, -0.25) is 0 Å². The van der Waals surface area contributed by atoms with Crippen molar-refractivity contribution in [3.05, 3.63) is 15.8 Å². The maximum absolute atomic E-state index is 5.72. The number of ether oxygens (including phenoxy) is 2. The smallest absolute Gasteiger partial charge is 0.258 e. The second-order valence-corrected chi connectivity index (χ2v) is 5.03. The topological polar surface area (TPSA) is 31.4 Å². The van der Waals surface area contributed by atoms with Crippen LogP contribution in [-0.2, 0) is 0 Å². The Bertz CT molecular complexity index is 350. The van der Waals surface area contributed by atoms with E-state index in [1.165, 1.54) is 0 Å². The fraction of sp³-hybridized carbons (Fsp3) is 0.545. The van der Waals surface area contributed by atoms with E-state index in [-0.39, 0.29) is 6.10 Å². The molecule has 0 aliphatic heterocycles. The van der Waals surface area contributed by atoms with Gasteiger partial charge in [-0.15, -0.1) is 0 Å². The van der Waals surface area contributed by atoms with E-state index in [2.05, 4.69) is 27.6 Å². The number of hydrogen-bond donors (Lipinski definition) is 0. The minimum Gasteiger partial charge on any atom is -0.485 e. The quantitative estimate of drug-likeness (QED) is 0.631. The number of pyridine rings is 1. The Balaban J connectivity index is 2.17. The normalized spacial score (nSPS) is 15.5. The Morgan fingerprint density at radius 3 is 2.73 bits per heavy atom. The van der Waals surface area contributed by atoms with Crippen LogP contribution in [0.25, 0.3) is 0 Å². The summed E-state index contributed by atoms with van der Waals surface area (Å²) in [5, 5.41) is 0. The SMILES string of the molecule is CC(C)Oc1nc(I)ccc1OC1CC1. The van der Waals surface area contributed by atoms with Gasteiger partial charge in [-0.2, -0.15) is 0 Å². The monoisotopic (exact) mass is 319 g/mol. The zero-order valence-electron chi connectivity index (χ0n) is 8.87. The molecule has 0 aromatic carbocycles. The van der Waals surface area contributed by atoms with Crippen molar-refractivity contribution in [3.63, 3.8) is 0 Å². The number of rotatable bonds is 4. The fourth-order valence-corrected chi connectivity index (χ4v) is 1.57. The third-order valence-electron chi connectivity index (χ3n) is 1.96. The van der Waals surface area contributed by atoms with Crippen molar-refractivity contribution in [2.24, 2.45) is 0 Å². The van der Waals surface area contributed by atoms with Crippen molar-refractivity contribution in [1.29, 1.82) is 0 Å². The summed E-state index contributed by atoms with van der Waals surface area (Å²) in [7, 11) is 0. The largest absolute Gasteiger partial charge is 0.485 e. The lowest BCUT2D eigenvalue weighted by Gasteiger charge is -2.13. The molecular weight excluding hydrogens is 305 g/mol. The van der Waals surface area contributed by atoms with Gasteiger partial charge < -0.3 is 9.47 Å². The minimum atomic E-state index is 0.122. The van der Waals surface area contributed by atoms with Crippen LogP contribution in [0.1, 0.15) is 26.7 Å². The maximum atomic E-state index is 5.72. The van der Waals surface area contributed by atoms with Crippen LogP contribution in [0, 0.1) is 3.70 Å². The summed E-state index contributed by atoms with van der Waals surface area (Å²) in [5.74, 6) is 1.38. The molecule has 1 heterocycles. The summed E-state index contributed by atoms with van der Waals surface area (Å²) >= 11 is 2.17. The van der Waals surface area contributed by atoms with Crippen molar-refractivity contribution >= 4 is 22.6 Å². The van der Waals surface area contributed by atoms with Gasteiger partial charge in [0, 0.05) is 0 Å². The lowest BCUT2D eigenvalue weighted by atomic mass is 10.4. The standard InChI is InChI=1S/C11H14INO2/c1-7(2)14-11-9(15-8-3-4-8)5-6-10(12)13-11/h5-8H,3-4H2,1-2H3. The average Bonchev–Trinajstić information content (AvgIpc) is 2.92. The van der Waals surface area contributed by atoms with Gasteiger partial charge in [-0.05, 0) is 61.4 Å². The van der Waals surface area contributed by atoms with Crippen LogP contribution >= 0.6 is 22.6 Å². The molecule has 1 aliphatic carbocycles. The number of halogens is 1. The highest BCUT2D eigenvalue weighted by atomic mass is 127. The van der Waals surface area contributed by atoms with E-state index in [9.17, 15) is 0 Å². The second-order valence-electron chi connectivity index (χ2n) is 3.92. The predicted octanol–water partition coefficient (Wildman–Crippen LogP) is 3.01. The van der Waals surface area contributed by atoms with Crippen molar-refractivity contribution < 1.29 is 9.47 Å². The maximum Gasteiger partial charge on any atom is 0.258 e. The van der Waals surface area contributed by atoms with Gasteiger partial charge in [-0.1, -0.05) is 0 Å². The molecule has 0 radical (unpaired) electrons. The van der Waals surface area contributed by atoms with Crippen molar-refractivity contribution in [3.8, 4) is 11.6 Å². The molecule has 15 heavy (non-hydrogen) atoms. The predicted molar refractivity (Wildman–Crippen MR) is 66.4 cm³/mol. The van der Waals surface area contributed by atoms with Gasteiger partial charge in [-0.25, -0.2) is 4.98 Å². The van der Waals surface area contributed by atoms with Gasteiger partial charge in [0.25, 0.3) is 5.88 Å². The summed E-state index contributed by atoms with van der Waals surface area (Å²) in [6.45, 7) is 3.98. The number of aromatic nitrogens is 1. The third kappa shape index (κ3) is 3.22. The van der Waals surface area contributed by atoms with Crippen LogP contribution in [0.3, 0.4) is 0 Å². The summed E-state index contributed by atoms with van der Waals surface area (Å²) < 4.78 is 12.3. The van der Waals surface area contributed by atoms with Crippen LogP contribution in [0.5, 0.6) is 11.6 Å². The highest BCUT2D eigenvalue weighted by Gasteiger charge is 2.25. The van der Waals surface area contributed by atoms with Gasteiger partial charge >= 0.3 is 0 Å². The first-order valence-electron chi connectivity index (χ1n) is 5.15. The molecule has 1 saturated carbocycles. The van der Waals surface area contributed by atoms with Crippen LogP contribution in [0.15, 0.2) is 12.1 Å². The Kier molecular flexibility index (Phi) is 3.33. The van der Waals surface area contributed by atoms with E-state index >= 15 is 0 Å². The minimum absolute atomic E-state index is 0.122. The molecule has 1 aromatic heterocycles. The molecule has 0 bridgehead atoms. The molecule has 0 unspecified atom stereocenters. The van der Waals surface area contributed by atoms with Crippen LogP contribution in [0.2, 0.25) is 0 Å². The molecule has 0 N–H and O–H groups in total. The van der Waals surface area contributed by atoms with E-state index in [4.69, 9.17) is 9.47 Å². The first-order valence-corrected chi connectivity index (χ1v) is 6.23. The summed E-state index contributed by atoms with van der Waals surface area (Å²) in [4.78, 5) is 4.33. The zero-order valence-corrected chi connectivity index (χ0v) is 11.0. The molecular formula is C11H14INO2. The van der Waals surface area contributed by atoms with E-state index in [1.807, 2.05) is 26.0 Å². The zero-order chi connectivity index (χ0) is 10.8. The van der Waals surface area contributed by atoms with E-state index in [1.54, 1.807) is 0 Å². The molecule has 1 aromatic rings. The van der Waals surface area contributed by atoms with Gasteiger partial charge in [0.1, 0.15) is 3.70 Å². The molecule has 2 rings (SSSR count). The number of nitrogens with zero attached hydrogens (tertiary/aromatic N) is 1. The Labute approximate surface area is 103 Å². The van der Waals surface area contributed by atoms with Crippen LogP contribution in [-0.4, -0.2) is 17.2 Å². The lowest BCUT2D eigenvalue weighted by Crippen LogP contribution is -2.09. The van der Waals surface area contributed by atoms with Crippen molar-refractivity contribution in [1.82, 2.24) is 4.98 Å². The van der Waals surface area contributed by atoms with Crippen LogP contribution in [0.4, 0.5) is 0 Å². The van der Waals surface area contributed by atoms with E-state index in [0.29, 0.717) is 12.0 Å². The Hall–Kier alpha value is -0.520. The first kappa shape index (κ1) is 11.0. The molecule has 3 nitrogen and oxygen atoms in total. The lowest BCUT2D eigenvalue weighted by molar-refractivity contribution is 0.208. The average molecular weight is 319 g/mol. The van der Waals surface area contributed by atoms with Gasteiger partial charge in [0.15, 0.2) is 5.75 Å². The first-order chi connectivity index (χ1) is 7.15. The molecule has 82 valence electrons. The van der Waals surface area contributed by atoms with Crippen molar-refractivity contribution in [2.45, 2.75) is 38.9 Å². The summed E-state index contributed by atoms with van der Waals surface area (Å²) in [6, 6.07) is 3.87. The van der Waals surface area contributed by atoms with E-state index < -0.39 is 0 Å². The van der Waals surface area contributed by atoms with Gasteiger partial charge in [0.2, 0.25) is 0 Å². The van der Waals surface area contributed by atoms with Crippen molar-refractivity contribution in [2.75, 3.05) is 0 Å². The molecule has 0 amide bonds. The molecule has 4 heteroatoms.